The van der Waals surface area contributed by atoms with Gasteiger partial charge in [-0.05, 0) is 6.42 Å². The van der Waals surface area contributed by atoms with Crippen LogP contribution in [-0.4, -0.2) is 29.8 Å². The highest BCUT2D eigenvalue weighted by Gasteiger charge is 2.15. The van der Waals surface area contributed by atoms with Crippen LogP contribution >= 0.6 is 0 Å². The first-order chi connectivity index (χ1) is 9.19. The molecule has 0 amide bonds. The number of primary sulfonamides is 1. The summed E-state index contributed by atoms with van der Waals surface area (Å²) in [6.07, 6.45) is 0.666. The SMILES string of the molecule is CCCn1c(N)c(NCCS(N)(=O)=O)c(=O)n(C)c1=O. The summed E-state index contributed by atoms with van der Waals surface area (Å²) in [6.45, 7) is 2.16. The third-order valence-corrected chi connectivity index (χ3v) is 3.49. The molecule has 0 aliphatic carbocycles. The van der Waals surface area contributed by atoms with Crippen molar-refractivity contribution in [2.45, 2.75) is 19.9 Å². The van der Waals surface area contributed by atoms with Crippen LogP contribution in [0.1, 0.15) is 13.3 Å². The lowest BCUT2D eigenvalue weighted by molar-refractivity contribution is 0.596. The number of nitrogen functional groups attached to an aromatic ring is 1. The Morgan fingerprint density at radius 1 is 1.30 bits per heavy atom. The van der Waals surface area contributed by atoms with Crippen molar-refractivity contribution < 1.29 is 8.42 Å². The predicted molar refractivity (Wildman–Crippen MR) is 77.1 cm³/mol. The standard InChI is InChI=1S/C10H19N5O4S/c1-3-5-15-8(11)7(9(16)14(2)10(15)17)13-4-6-20(12,18)19/h13H,3-6,11H2,1-2H3,(H2,12,18,19). The van der Waals surface area contributed by atoms with E-state index < -0.39 is 21.3 Å². The van der Waals surface area contributed by atoms with E-state index in [1.807, 2.05) is 6.92 Å². The second-order valence-electron chi connectivity index (χ2n) is 4.35. The molecule has 0 aliphatic rings. The van der Waals surface area contributed by atoms with E-state index in [-0.39, 0.29) is 23.8 Å². The molecule has 1 aromatic heterocycles. The van der Waals surface area contributed by atoms with Crippen LogP contribution in [0.15, 0.2) is 9.59 Å². The van der Waals surface area contributed by atoms with Crippen molar-refractivity contribution in [1.82, 2.24) is 9.13 Å². The number of sulfonamides is 1. The van der Waals surface area contributed by atoms with Crippen LogP contribution in [-0.2, 0) is 23.6 Å². The Hall–Kier alpha value is -1.81. The Bertz CT molecular complexity index is 704. The fourth-order valence-corrected chi connectivity index (χ4v) is 2.09. The lowest BCUT2D eigenvalue weighted by Gasteiger charge is -2.15. The van der Waals surface area contributed by atoms with E-state index in [1.54, 1.807) is 0 Å². The highest BCUT2D eigenvalue weighted by Crippen LogP contribution is 2.10. The molecule has 0 saturated carbocycles. The quantitative estimate of drug-likeness (QED) is 0.568. The predicted octanol–water partition coefficient (Wildman–Crippen LogP) is -1.76. The van der Waals surface area contributed by atoms with Crippen molar-refractivity contribution in [3.8, 4) is 0 Å². The van der Waals surface area contributed by atoms with Gasteiger partial charge in [0.15, 0.2) is 0 Å². The molecule has 1 aromatic rings. The van der Waals surface area contributed by atoms with Crippen LogP contribution in [0.5, 0.6) is 0 Å². The first-order valence-electron chi connectivity index (χ1n) is 6.02. The van der Waals surface area contributed by atoms with Crippen molar-refractivity contribution in [1.29, 1.82) is 0 Å². The molecule has 0 atom stereocenters. The zero-order valence-electron chi connectivity index (χ0n) is 11.4. The molecule has 10 heteroatoms. The Morgan fingerprint density at radius 2 is 1.90 bits per heavy atom. The Labute approximate surface area is 116 Å². The molecule has 20 heavy (non-hydrogen) atoms. The molecule has 0 aliphatic heterocycles. The second kappa shape index (κ2) is 6.09. The Morgan fingerprint density at radius 3 is 2.40 bits per heavy atom. The third kappa shape index (κ3) is 3.61. The smallest absolute Gasteiger partial charge is 0.332 e. The van der Waals surface area contributed by atoms with Gasteiger partial charge in [0.1, 0.15) is 11.5 Å². The zero-order valence-corrected chi connectivity index (χ0v) is 12.2. The number of hydrogen-bond acceptors (Lipinski definition) is 6. The molecule has 114 valence electrons. The largest absolute Gasteiger partial charge is 0.383 e. The highest BCUT2D eigenvalue weighted by atomic mass is 32.2. The van der Waals surface area contributed by atoms with Gasteiger partial charge in [-0.25, -0.2) is 18.4 Å². The van der Waals surface area contributed by atoms with Crippen LogP contribution in [0.3, 0.4) is 0 Å². The first kappa shape index (κ1) is 16.2. The third-order valence-electron chi connectivity index (χ3n) is 2.72. The van der Waals surface area contributed by atoms with Crippen molar-refractivity contribution in [2.75, 3.05) is 23.3 Å². The van der Waals surface area contributed by atoms with Crippen LogP contribution in [0, 0.1) is 0 Å². The second-order valence-corrected chi connectivity index (χ2v) is 6.09. The van der Waals surface area contributed by atoms with E-state index in [4.69, 9.17) is 10.9 Å². The summed E-state index contributed by atoms with van der Waals surface area (Å²) in [7, 11) is -2.30. The summed E-state index contributed by atoms with van der Waals surface area (Å²) in [5.41, 5.74) is 4.69. The molecular weight excluding hydrogens is 286 g/mol. The first-order valence-corrected chi connectivity index (χ1v) is 7.74. The summed E-state index contributed by atoms with van der Waals surface area (Å²) < 4.78 is 23.9. The summed E-state index contributed by atoms with van der Waals surface area (Å²) >= 11 is 0. The van der Waals surface area contributed by atoms with Gasteiger partial charge in [0, 0.05) is 20.1 Å². The van der Waals surface area contributed by atoms with E-state index in [2.05, 4.69) is 5.32 Å². The minimum Gasteiger partial charge on any atom is -0.383 e. The minimum absolute atomic E-state index is 0.00389. The summed E-state index contributed by atoms with van der Waals surface area (Å²) in [5, 5.41) is 7.50. The van der Waals surface area contributed by atoms with Gasteiger partial charge < -0.3 is 11.1 Å². The number of nitrogens with zero attached hydrogens (tertiary/aromatic N) is 2. The number of anilines is 2. The van der Waals surface area contributed by atoms with Crippen molar-refractivity contribution in [2.24, 2.45) is 12.2 Å². The van der Waals surface area contributed by atoms with Crippen LogP contribution < -0.4 is 27.4 Å². The molecular formula is C10H19N5O4S. The molecule has 0 bridgehead atoms. The summed E-state index contributed by atoms with van der Waals surface area (Å²) in [6, 6.07) is 0. The maximum Gasteiger partial charge on any atom is 0.332 e. The van der Waals surface area contributed by atoms with Gasteiger partial charge in [-0.1, -0.05) is 6.92 Å². The van der Waals surface area contributed by atoms with Gasteiger partial charge >= 0.3 is 5.69 Å². The molecule has 9 nitrogen and oxygen atoms in total. The van der Waals surface area contributed by atoms with E-state index in [0.717, 1.165) is 4.57 Å². The lowest BCUT2D eigenvalue weighted by Crippen LogP contribution is -2.41. The Kier molecular flexibility index (Phi) is 4.95. The minimum atomic E-state index is -3.64. The van der Waals surface area contributed by atoms with Crippen molar-refractivity contribution >= 4 is 21.5 Å². The van der Waals surface area contributed by atoms with Crippen LogP contribution in [0.2, 0.25) is 0 Å². The van der Waals surface area contributed by atoms with Crippen molar-refractivity contribution in [3.05, 3.63) is 20.8 Å². The lowest BCUT2D eigenvalue weighted by atomic mass is 10.4. The number of rotatable bonds is 6. The van der Waals surface area contributed by atoms with Gasteiger partial charge in [-0.15, -0.1) is 0 Å². The fraction of sp³-hybridized carbons (Fsp3) is 0.600. The van der Waals surface area contributed by atoms with E-state index in [1.165, 1.54) is 11.6 Å². The molecule has 5 N–H and O–H groups in total. The fourth-order valence-electron chi connectivity index (χ4n) is 1.71. The van der Waals surface area contributed by atoms with Gasteiger partial charge in [-0.3, -0.25) is 13.9 Å². The van der Waals surface area contributed by atoms with E-state index in [9.17, 15) is 18.0 Å². The van der Waals surface area contributed by atoms with Crippen molar-refractivity contribution in [3.63, 3.8) is 0 Å². The molecule has 0 aromatic carbocycles. The molecule has 1 heterocycles. The average Bonchev–Trinajstić information content (AvgIpc) is 2.35. The molecule has 0 unspecified atom stereocenters. The van der Waals surface area contributed by atoms with Crippen LogP contribution in [0.4, 0.5) is 11.5 Å². The molecule has 1 rings (SSSR count). The van der Waals surface area contributed by atoms with Gasteiger partial charge in [-0.2, -0.15) is 0 Å². The summed E-state index contributed by atoms with van der Waals surface area (Å²) in [5.74, 6) is -0.350. The maximum absolute atomic E-state index is 11.9. The normalized spacial score (nSPS) is 11.6. The highest BCUT2D eigenvalue weighted by molar-refractivity contribution is 7.89. The molecule has 0 radical (unpaired) electrons. The van der Waals surface area contributed by atoms with E-state index in [0.29, 0.717) is 13.0 Å². The van der Waals surface area contributed by atoms with Gasteiger partial charge in [0.05, 0.1) is 5.75 Å². The monoisotopic (exact) mass is 305 g/mol. The zero-order chi connectivity index (χ0) is 15.5. The molecule has 0 fully saturated rings. The maximum atomic E-state index is 11.9. The van der Waals surface area contributed by atoms with Gasteiger partial charge in [0.2, 0.25) is 10.0 Å². The number of aromatic nitrogens is 2. The topological polar surface area (TPSA) is 142 Å². The number of hydrogen-bond donors (Lipinski definition) is 3. The van der Waals surface area contributed by atoms with Crippen LogP contribution in [0.25, 0.3) is 0 Å². The van der Waals surface area contributed by atoms with Gasteiger partial charge in [0.25, 0.3) is 5.56 Å². The van der Waals surface area contributed by atoms with E-state index >= 15 is 0 Å². The summed E-state index contributed by atoms with van der Waals surface area (Å²) in [4.78, 5) is 23.8. The molecule has 0 spiro atoms. The average molecular weight is 305 g/mol. The number of nitrogens with two attached hydrogens (primary N) is 2. The molecule has 0 saturated heterocycles. The number of nitrogens with one attached hydrogen (secondary N) is 1. The Balaban J connectivity index is 3.19.